The van der Waals surface area contributed by atoms with Crippen molar-refractivity contribution in [2.75, 3.05) is 13.7 Å². The fraction of sp³-hybridized carbons (Fsp3) is 0.371. The normalized spacial score (nSPS) is 19.2. The number of fused-ring (bicyclic) bond motifs is 5. The summed E-state index contributed by atoms with van der Waals surface area (Å²) in [5, 5.41) is 4.68. The smallest absolute Gasteiger partial charge is 0.407 e. The standard InChI is InChI=1S/C35H34BFN6O4S/c1-17(2)30(41-35(45)46-3)33(44)42-10-4-5-25(42)31-38-15-23(40-31)19-12-22(37)29-26-13-20-11-21(36)8-9-24(20)43(26)34(47-27(29)14-19)28-16-39-32(48-28)18-6-7-18/h8-9,11-18,25,30,34H,4-7,10H2,1-3H3,(H,38,40)(H,41,45)/t25-,30-,34-/m0/s1. The number of ether oxygens (including phenoxy) is 2. The highest BCUT2D eigenvalue weighted by Crippen LogP contribution is 2.49. The van der Waals surface area contributed by atoms with Crippen LogP contribution in [0, 0.1) is 11.7 Å². The number of halogens is 1. The third kappa shape index (κ3) is 5.24. The van der Waals surface area contributed by atoms with E-state index in [1.807, 2.05) is 54.9 Å². The van der Waals surface area contributed by atoms with Crippen molar-refractivity contribution in [3.8, 4) is 28.3 Å². The largest absolute Gasteiger partial charge is 0.464 e. The van der Waals surface area contributed by atoms with Gasteiger partial charge in [-0.2, -0.15) is 0 Å². The number of H-pyrrole nitrogens is 1. The maximum atomic E-state index is 16.3. The van der Waals surface area contributed by atoms with Crippen LogP contribution in [0.15, 0.2) is 48.8 Å². The summed E-state index contributed by atoms with van der Waals surface area (Å²) < 4.78 is 29.7. The Morgan fingerprint density at radius 1 is 1.15 bits per heavy atom. The quantitative estimate of drug-likeness (QED) is 0.208. The first-order chi connectivity index (χ1) is 23.2. The van der Waals surface area contributed by atoms with Crippen molar-refractivity contribution in [2.24, 2.45) is 5.92 Å². The van der Waals surface area contributed by atoms with Crippen molar-refractivity contribution < 1.29 is 23.5 Å². The molecule has 2 fully saturated rings. The van der Waals surface area contributed by atoms with Gasteiger partial charge in [0.25, 0.3) is 0 Å². The van der Waals surface area contributed by atoms with Gasteiger partial charge in [0.05, 0.1) is 51.7 Å². The Morgan fingerprint density at radius 2 is 1.98 bits per heavy atom. The summed E-state index contributed by atoms with van der Waals surface area (Å²) in [4.78, 5) is 41.0. The van der Waals surface area contributed by atoms with E-state index in [9.17, 15) is 9.59 Å². The first-order valence-electron chi connectivity index (χ1n) is 16.3. The number of likely N-dealkylation sites (tertiary alicyclic amines) is 1. The zero-order valence-electron chi connectivity index (χ0n) is 26.8. The maximum Gasteiger partial charge on any atom is 0.407 e. The second kappa shape index (κ2) is 11.8. The molecule has 5 aromatic rings. The minimum atomic E-state index is -0.738. The molecular formula is C35H34BFN6O4S. The van der Waals surface area contributed by atoms with Crippen LogP contribution in [-0.4, -0.2) is 64.0 Å². The van der Waals surface area contributed by atoms with E-state index < -0.39 is 24.2 Å². The molecule has 244 valence electrons. The predicted molar refractivity (Wildman–Crippen MR) is 181 cm³/mol. The molecule has 3 aromatic heterocycles. The van der Waals surface area contributed by atoms with Gasteiger partial charge in [0.15, 0.2) is 0 Å². The number of amides is 2. The number of aromatic nitrogens is 4. The second-order valence-electron chi connectivity index (χ2n) is 13.1. The molecule has 3 aliphatic rings. The van der Waals surface area contributed by atoms with Crippen LogP contribution in [0.1, 0.15) is 73.4 Å². The summed E-state index contributed by atoms with van der Waals surface area (Å²) in [6, 6.07) is 9.92. The molecule has 0 bridgehead atoms. The lowest BCUT2D eigenvalue weighted by Crippen LogP contribution is -2.51. The topological polar surface area (TPSA) is 114 Å². The highest BCUT2D eigenvalue weighted by atomic mass is 32.1. The Balaban J connectivity index is 1.14. The summed E-state index contributed by atoms with van der Waals surface area (Å²) in [7, 11) is 7.40. The number of benzene rings is 2. The van der Waals surface area contributed by atoms with Crippen molar-refractivity contribution >= 4 is 47.5 Å². The second-order valence-corrected chi connectivity index (χ2v) is 14.2. The summed E-state index contributed by atoms with van der Waals surface area (Å²) >= 11 is 1.64. The SMILES string of the molecule is [B]c1ccc2c(c1)cc1n2[C@H](c2cnc(C3CC3)s2)Oc2cc(-c3cnc([C@@H]4CCCN4C(=O)[C@@H](NC(=O)OC)C(C)C)[nH]3)cc(F)c2-1. The molecule has 0 spiro atoms. The van der Waals surface area contributed by atoms with Crippen LogP contribution in [0.5, 0.6) is 5.75 Å². The van der Waals surface area contributed by atoms with Crippen LogP contribution >= 0.6 is 11.3 Å². The van der Waals surface area contributed by atoms with Crippen LogP contribution < -0.4 is 15.5 Å². The van der Waals surface area contributed by atoms with E-state index in [2.05, 4.69) is 15.3 Å². The van der Waals surface area contributed by atoms with Crippen LogP contribution in [0.2, 0.25) is 0 Å². The Labute approximate surface area is 282 Å². The average molecular weight is 665 g/mol. The van der Waals surface area contributed by atoms with E-state index in [0.29, 0.717) is 58.4 Å². The molecule has 2 amide bonds. The van der Waals surface area contributed by atoms with Gasteiger partial charge in [-0.3, -0.25) is 9.36 Å². The lowest BCUT2D eigenvalue weighted by molar-refractivity contribution is -0.135. The summed E-state index contributed by atoms with van der Waals surface area (Å²) in [6.07, 6.45) is 6.14. The number of hydrogen-bond donors (Lipinski definition) is 2. The van der Waals surface area contributed by atoms with Crippen LogP contribution in [0.25, 0.3) is 33.4 Å². The third-order valence-corrected chi connectivity index (χ3v) is 10.7. The molecule has 0 unspecified atom stereocenters. The molecule has 2 aliphatic heterocycles. The molecule has 2 aromatic carbocycles. The minimum Gasteiger partial charge on any atom is -0.464 e. The van der Waals surface area contributed by atoms with E-state index in [1.54, 1.807) is 22.4 Å². The number of hydrogen-bond acceptors (Lipinski definition) is 7. The lowest BCUT2D eigenvalue weighted by Gasteiger charge is -2.30. The first-order valence-corrected chi connectivity index (χ1v) is 17.1. The number of carbonyl (C=O) groups excluding carboxylic acids is 2. The molecule has 2 radical (unpaired) electrons. The fourth-order valence-corrected chi connectivity index (χ4v) is 8.03. The van der Waals surface area contributed by atoms with Crippen molar-refractivity contribution in [3.05, 3.63) is 70.3 Å². The Kier molecular flexibility index (Phi) is 7.54. The molecule has 3 atom stereocenters. The van der Waals surface area contributed by atoms with Gasteiger partial charge in [0.2, 0.25) is 12.1 Å². The number of carbonyl (C=O) groups is 2. The zero-order chi connectivity index (χ0) is 33.3. The lowest BCUT2D eigenvalue weighted by atomic mass is 9.95. The molecular weight excluding hydrogens is 630 g/mol. The average Bonchev–Trinajstić information content (AvgIpc) is 3.47. The van der Waals surface area contributed by atoms with Crippen LogP contribution in [0.4, 0.5) is 9.18 Å². The number of thiazole rings is 1. The molecule has 48 heavy (non-hydrogen) atoms. The molecule has 13 heteroatoms. The van der Waals surface area contributed by atoms with E-state index in [1.165, 1.54) is 13.2 Å². The number of rotatable bonds is 7. The Hall–Kier alpha value is -4.65. The van der Waals surface area contributed by atoms with E-state index in [0.717, 1.165) is 40.1 Å². The number of aromatic amines is 1. The maximum absolute atomic E-state index is 16.3. The first kappa shape index (κ1) is 30.7. The Bertz CT molecular complexity index is 2070. The summed E-state index contributed by atoms with van der Waals surface area (Å²) in [5.74, 6) is 0.757. The minimum absolute atomic E-state index is 0.145. The number of imidazole rings is 1. The highest BCUT2D eigenvalue weighted by Gasteiger charge is 2.38. The molecule has 10 nitrogen and oxygen atoms in total. The van der Waals surface area contributed by atoms with Gasteiger partial charge in [-0.1, -0.05) is 31.4 Å². The number of alkyl carbamates (subject to hydrolysis) is 1. The fourth-order valence-electron chi connectivity index (χ4n) is 6.92. The molecule has 8 rings (SSSR count). The number of methoxy groups -OCH3 is 1. The molecule has 5 heterocycles. The highest BCUT2D eigenvalue weighted by molar-refractivity contribution is 7.11. The Morgan fingerprint density at radius 3 is 2.75 bits per heavy atom. The number of nitrogens with one attached hydrogen (secondary N) is 2. The van der Waals surface area contributed by atoms with E-state index >= 15 is 4.39 Å². The molecule has 1 saturated carbocycles. The van der Waals surface area contributed by atoms with Crippen molar-refractivity contribution in [3.63, 3.8) is 0 Å². The van der Waals surface area contributed by atoms with Gasteiger partial charge >= 0.3 is 6.09 Å². The van der Waals surface area contributed by atoms with Gasteiger partial charge in [0.1, 0.15) is 31.3 Å². The van der Waals surface area contributed by atoms with E-state index in [-0.39, 0.29) is 17.9 Å². The van der Waals surface area contributed by atoms with Crippen LogP contribution in [0.3, 0.4) is 0 Å². The van der Waals surface area contributed by atoms with Crippen molar-refractivity contribution in [1.82, 2.24) is 29.7 Å². The van der Waals surface area contributed by atoms with E-state index in [4.69, 9.17) is 22.3 Å². The predicted octanol–water partition coefficient (Wildman–Crippen LogP) is 5.95. The zero-order valence-corrected chi connectivity index (χ0v) is 27.6. The van der Waals surface area contributed by atoms with Crippen molar-refractivity contribution in [1.29, 1.82) is 0 Å². The summed E-state index contributed by atoms with van der Waals surface area (Å²) in [6.45, 7) is 4.29. The molecule has 1 aliphatic carbocycles. The number of nitrogens with zero attached hydrogens (tertiary/aromatic N) is 4. The van der Waals surface area contributed by atoms with Gasteiger partial charge in [-0.05, 0) is 61.3 Å². The van der Waals surface area contributed by atoms with Gasteiger partial charge < -0.3 is 24.7 Å². The van der Waals surface area contributed by atoms with Crippen molar-refractivity contribution in [2.45, 2.75) is 63.8 Å². The molecule has 2 N–H and O–H groups in total. The van der Waals surface area contributed by atoms with Gasteiger partial charge in [0, 0.05) is 24.2 Å². The van der Waals surface area contributed by atoms with Gasteiger partial charge in [-0.25, -0.2) is 19.2 Å². The van der Waals surface area contributed by atoms with Crippen LogP contribution in [-0.2, 0) is 9.53 Å². The summed E-state index contributed by atoms with van der Waals surface area (Å²) in [5.41, 5.74) is 3.79. The van der Waals surface area contributed by atoms with Gasteiger partial charge in [-0.15, -0.1) is 11.3 Å². The third-order valence-electron chi connectivity index (χ3n) is 9.51. The monoisotopic (exact) mass is 664 g/mol. The molecule has 1 saturated heterocycles.